The lowest BCUT2D eigenvalue weighted by molar-refractivity contribution is -0.136. The Morgan fingerprint density at radius 3 is 2.25 bits per heavy atom. The summed E-state index contributed by atoms with van der Waals surface area (Å²) < 4.78 is 10.3. The number of rotatable bonds is 7. The van der Waals surface area contributed by atoms with Crippen LogP contribution in [0.25, 0.3) is 0 Å². The second kappa shape index (κ2) is 10.8. The third-order valence-electron chi connectivity index (χ3n) is 5.49. The number of para-hydroxylation sites is 2. The Morgan fingerprint density at radius 2 is 1.59 bits per heavy atom. The van der Waals surface area contributed by atoms with Gasteiger partial charge in [-0.15, -0.1) is 0 Å². The number of ether oxygens (including phenoxy) is 2. The Balaban J connectivity index is 1.43. The molecule has 2 aromatic rings. The molecule has 1 aliphatic rings. The van der Waals surface area contributed by atoms with Crippen molar-refractivity contribution in [2.75, 3.05) is 51.8 Å². The number of carbonyl (C=O) groups is 3. The van der Waals surface area contributed by atoms with Crippen molar-refractivity contribution >= 4 is 23.5 Å². The zero-order valence-electron chi connectivity index (χ0n) is 18.7. The van der Waals surface area contributed by atoms with Gasteiger partial charge in [0.05, 0.1) is 13.7 Å². The summed E-state index contributed by atoms with van der Waals surface area (Å²) in [4.78, 5) is 40.8. The van der Waals surface area contributed by atoms with Gasteiger partial charge in [0.2, 0.25) is 5.91 Å². The summed E-state index contributed by atoms with van der Waals surface area (Å²) in [5.74, 6) is -0.531. The highest BCUT2D eigenvalue weighted by Crippen LogP contribution is 2.20. The number of piperazine rings is 1. The molecular weight excluding hydrogens is 410 g/mol. The van der Waals surface area contributed by atoms with E-state index in [0.29, 0.717) is 31.9 Å². The van der Waals surface area contributed by atoms with Crippen LogP contribution in [0.5, 0.6) is 5.75 Å². The van der Waals surface area contributed by atoms with Gasteiger partial charge >= 0.3 is 5.97 Å². The molecule has 0 spiro atoms. The van der Waals surface area contributed by atoms with Crippen molar-refractivity contribution in [1.29, 1.82) is 0 Å². The maximum absolute atomic E-state index is 12.5. The van der Waals surface area contributed by atoms with Crippen LogP contribution in [-0.4, -0.2) is 74.0 Å². The summed E-state index contributed by atoms with van der Waals surface area (Å²) in [5, 5.41) is 2.99. The topological polar surface area (TPSA) is 88.2 Å². The summed E-state index contributed by atoms with van der Waals surface area (Å²) in [6, 6.07) is 12.6. The summed E-state index contributed by atoms with van der Waals surface area (Å²) in [5.41, 5.74) is 3.18. The van der Waals surface area contributed by atoms with Crippen LogP contribution in [-0.2, 0) is 14.3 Å². The molecule has 1 aliphatic heterocycles. The first-order valence-electron chi connectivity index (χ1n) is 10.6. The van der Waals surface area contributed by atoms with Gasteiger partial charge in [0.25, 0.3) is 5.91 Å². The van der Waals surface area contributed by atoms with Crippen LogP contribution in [0, 0.1) is 13.8 Å². The standard InChI is InChI=1S/C24H29N3O5/c1-17-7-6-8-18(2)23(17)25-21(28)15-26-11-13-27(14-12-26)22(29)16-32-24(30)19-9-4-5-10-20(19)31-3/h4-10H,11-16H2,1-3H3,(H,25,28). The molecule has 8 nitrogen and oxygen atoms in total. The molecule has 1 fully saturated rings. The second-order valence-corrected chi connectivity index (χ2v) is 7.75. The minimum absolute atomic E-state index is 0.0760. The van der Waals surface area contributed by atoms with E-state index in [2.05, 4.69) is 5.32 Å². The number of aryl methyl sites for hydroxylation is 2. The third-order valence-corrected chi connectivity index (χ3v) is 5.49. The van der Waals surface area contributed by atoms with Crippen LogP contribution in [0.2, 0.25) is 0 Å². The number of nitrogens with zero attached hydrogens (tertiary/aromatic N) is 2. The molecule has 8 heteroatoms. The van der Waals surface area contributed by atoms with E-state index in [1.807, 2.05) is 36.9 Å². The molecule has 3 rings (SSSR count). The van der Waals surface area contributed by atoms with Gasteiger partial charge in [-0.2, -0.15) is 0 Å². The summed E-state index contributed by atoms with van der Waals surface area (Å²) in [6.45, 7) is 5.96. The third kappa shape index (κ3) is 5.85. The largest absolute Gasteiger partial charge is 0.496 e. The Hall–Kier alpha value is -3.39. The van der Waals surface area contributed by atoms with Crippen LogP contribution < -0.4 is 10.1 Å². The number of methoxy groups -OCH3 is 1. The number of anilines is 1. The van der Waals surface area contributed by atoms with Crippen molar-refractivity contribution in [3.8, 4) is 5.75 Å². The van der Waals surface area contributed by atoms with Crippen LogP contribution in [0.1, 0.15) is 21.5 Å². The minimum Gasteiger partial charge on any atom is -0.496 e. The lowest BCUT2D eigenvalue weighted by atomic mass is 10.1. The normalized spacial score (nSPS) is 14.0. The highest BCUT2D eigenvalue weighted by atomic mass is 16.5. The van der Waals surface area contributed by atoms with Gasteiger partial charge in [0.1, 0.15) is 11.3 Å². The highest BCUT2D eigenvalue weighted by Gasteiger charge is 2.24. The molecule has 0 aromatic heterocycles. The van der Waals surface area contributed by atoms with Crippen molar-refractivity contribution < 1.29 is 23.9 Å². The van der Waals surface area contributed by atoms with Gasteiger partial charge < -0.3 is 19.7 Å². The Kier molecular flexibility index (Phi) is 7.83. The van der Waals surface area contributed by atoms with E-state index in [1.165, 1.54) is 7.11 Å². The molecule has 1 N–H and O–H groups in total. The van der Waals surface area contributed by atoms with E-state index < -0.39 is 5.97 Å². The fraction of sp³-hybridized carbons (Fsp3) is 0.375. The van der Waals surface area contributed by atoms with Crippen LogP contribution in [0.15, 0.2) is 42.5 Å². The molecule has 1 saturated heterocycles. The predicted octanol–water partition coefficient (Wildman–Crippen LogP) is 2.25. The molecule has 2 amide bonds. The minimum atomic E-state index is -0.599. The monoisotopic (exact) mass is 439 g/mol. The van der Waals surface area contributed by atoms with Crippen molar-refractivity contribution in [2.45, 2.75) is 13.8 Å². The molecule has 0 atom stereocenters. The van der Waals surface area contributed by atoms with Crippen LogP contribution >= 0.6 is 0 Å². The van der Waals surface area contributed by atoms with Crippen molar-refractivity contribution in [3.63, 3.8) is 0 Å². The number of hydrogen-bond donors (Lipinski definition) is 1. The maximum Gasteiger partial charge on any atom is 0.342 e. The molecule has 0 saturated carbocycles. The first-order valence-corrected chi connectivity index (χ1v) is 10.6. The van der Waals surface area contributed by atoms with Gasteiger partial charge in [-0.3, -0.25) is 14.5 Å². The number of benzene rings is 2. The molecule has 0 aliphatic carbocycles. The van der Waals surface area contributed by atoms with E-state index in [9.17, 15) is 14.4 Å². The van der Waals surface area contributed by atoms with Crippen molar-refractivity contribution in [2.24, 2.45) is 0 Å². The molecule has 32 heavy (non-hydrogen) atoms. The number of carbonyl (C=O) groups excluding carboxylic acids is 3. The zero-order valence-corrected chi connectivity index (χ0v) is 18.7. The van der Waals surface area contributed by atoms with Crippen molar-refractivity contribution in [3.05, 3.63) is 59.2 Å². The summed E-state index contributed by atoms with van der Waals surface area (Å²) >= 11 is 0. The number of nitrogens with one attached hydrogen (secondary N) is 1. The summed E-state index contributed by atoms with van der Waals surface area (Å²) in [6.07, 6.45) is 0. The lowest BCUT2D eigenvalue weighted by Gasteiger charge is -2.34. The molecule has 170 valence electrons. The molecule has 0 radical (unpaired) electrons. The van der Waals surface area contributed by atoms with E-state index in [1.54, 1.807) is 29.2 Å². The van der Waals surface area contributed by atoms with E-state index in [-0.39, 0.29) is 30.5 Å². The van der Waals surface area contributed by atoms with Crippen LogP contribution in [0.3, 0.4) is 0 Å². The van der Waals surface area contributed by atoms with Gasteiger partial charge in [-0.25, -0.2) is 4.79 Å². The molecule has 2 aromatic carbocycles. The van der Waals surface area contributed by atoms with Crippen molar-refractivity contribution in [1.82, 2.24) is 9.80 Å². The maximum atomic E-state index is 12.5. The SMILES string of the molecule is COc1ccccc1C(=O)OCC(=O)N1CCN(CC(=O)Nc2c(C)cccc2C)CC1. The molecule has 1 heterocycles. The van der Waals surface area contributed by atoms with Gasteiger partial charge in [-0.1, -0.05) is 30.3 Å². The number of esters is 1. The average Bonchev–Trinajstić information content (AvgIpc) is 2.80. The number of amides is 2. The van der Waals surface area contributed by atoms with E-state index in [4.69, 9.17) is 9.47 Å². The van der Waals surface area contributed by atoms with Gasteiger partial charge in [-0.05, 0) is 37.1 Å². The fourth-order valence-corrected chi connectivity index (χ4v) is 3.66. The van der Waals surface area contributed by atoms with Crippen LogP contribution in [0.4, 0.5) is 5.69 Å². The Morgan fingerprint density at radius 1 is 0.938 bits per heavy atom. The van der Waals surface area contributed by atoms with E-state index >= 15 is 0 Å². The highest BCUT2D eigenvalue weighted by molar-refractivity contribution is 5.94. The number of hydrogen-bond acceptors (Lipinski definition) is 6. The lowest BCUT2D eigenvalue weighted by Crippen LogP contribution is -2.51. The Bertz CT molecular complexity index is 963. The first-order chi connectivity index (χ1) is 15.4. The predicted molar refractivity (Wildman–Crippen MR) is 121 cm³/mol. The zero-order chi connectivity index (χ0) is 23.1. The van der Waals surface area contributed by atoms with Gasteiger partial charge in [0.15, 0.2) is 6.61 Å². The summed E-state index contributed by atoms with van der Waals surface area (Å²) in [7, 11) is 1.47. The fourth-order valence-electron chi connectivity index (χ4n) is 3.66. The quantitative estimate of drug-likeness (QED) is 0.666. The van der Waals surface area contributed by atoms with E-state index in [0.717, 1.165) is 16.8 Å². The first kappa shape index (κ1) is 23.3. The Labute approximate surface area is 188 Å². The molecule has 0 bridgehead atoms. The van der Waals surface area contributed by atoms with Gasteiger partial charge in [0, 0.05) is 31.9 Å². The second-order valence-electron chi connectivity index (χ2n) is 7.75. The molecular formula is C24H29N3O5. The molecule has 0 unspecified atom stereocenters. The average molecular weight is 440 g/mol. The smallest absolute Gasteiger partial charge is 0.342 e.